The number of aliphatic hydroxyl groups excluding tert-OH is 1. The minimum Gasteiger partial charge on any atom is -0.761 e. The molecule has 5 atom stereocenters. The summed E-state index contributed by atoms with van der Waals surface area (Å²) in [5.41, 5.74) is 5.18. The first-order chi connectivity index (χ1) is 15.3. The van der Waals surface area contributed by atoms with Crippen molar-refractivity contribution in [3.63, 3.8) is 0 Å². The molecule has 0 spiro atoms. The Morgan fingerprint density at radius 3 is 2.94 bits per heavy atom. The molecule has 0 saturated carbocycles. The monoisotopic (exact) mass is 487 g/mol. The number of anilines is 1. The zero-order valence-electron chi connectivity index (χ0n) is 17.5. The fraction of sp³-hybridized carbons (Fsp3) is 0.412. The molecule has 3 aromatic heterocycles. The van der Waals surface area contributed by atoms with Crippen LogP contribution in [0.15, 0.2) is 29.8 Å². The Hall–Kier alpha value is -2.21. The van der Waals surface area contributed by atoms with Gasteiger partial charge in [0.2, 0.25) is 13.7 Å². The van der Waals surface area contributed by atoms with Crippen LogP contribution in [0, 0.1) is 18.4 Å². The fourth-order valence-electron chi connectivity index (χ4n) is 3.56. The van der Waals surface area contributed by atoms with Gasteiger partial charge in [-0.3, -0.25) is 23.2 Å². The van der Waals surface area contributed by atoms with Crippen LogP contribution in [0.4, 0.5) is 5.95 Å². The first kappa shape index (κ1) is 25.4. The summed E-state index contributed by atoms with van der Waals surface area (Å²) < 4.78 is 30.5. The van der Waals surface area contributed by atoms with E-state index in [0.29, 0.717) is 0 Å². The van der Waals surface area contributed by atoms with Crippen LogP contribution in [0.3, 0.4) is 0 Å². The van der Waals surface area contributed by atoms with Gasteiger partial charge in [0, 0.05) is 18.3 Å². The number of nitrogens with one attached hydrogen (secondary N) is 1. The molecule has 1 fully saturated rings. The Bertz CT molecular complexity index is 1240. The zero-order chi connectivity index (χ0) is 22.9. The van der Waals surface area contributed by atoms with E-state index in [4.69, 9.17) is 26.2 Å². The number of nitrogens with two attached hydrogens (primary N) is 1. The van der Waals surface area contributed by atoms with Crippen LogP contribution in [0.2, 0.25) is 0 Å². The van der Waals surface area contributed by atoms with Gasteiger partial charge in [-0.05, 0) is 6.42 Å². The number of rotatable bonds is 8. The second-order valence-corrected chi connectivity index (χ2v) is 8.61. The SMILES string of the molecule is C#COCC[C@H]1[C@@H](O)[C@H](n2cnc3c(=O)[nH]c(N)nc32)O[C@@H]1COP(=O)([O-])n1ccnc1.[Na+]. The molecule has 1 unspecified atom stereocenters. The number of fused-ring (bicyclic) bond motifs is 1. The van der Waals surface area contributed by atoms with E-state index in [2.05, 4.69) is 19.9 Å². The van der Waals surface area contributed by atoms with E-state index in [1.54, 1.807) is 0 Å². The van der Waals surface area contributed by atoms with Crippen molar-refractivity contribution in [2.24, 2.45) is 5.92 Å². The fourth-order valence-corrected chi connectivity index (χ4v) is 4.43. The standard InChI is InChI=1S/C17H20N7O7P.Na/c1-2-29-6-3-10-11(7-30-32(27,28)23-5-4-19-8-23)31-16(13(10)25)24-9-20-12-14(24)21-17(18)22-15(12)26;/h1,4-5,8-11,13,16,25H,3,6-7H2,(H,27,28)(H3,18,21,22,26);/q;+1/p-1/t10-,11-,13-,16-;/m1./s1. The van der Waals surface area contributed by atoms with Gasteiger partial charge in [0.1, 0.15) is 25.1 Å². The number of imidazole rings is 2. The number of aromatic nitrogens is 6. The van der Waals surface area contributed by atoms with Gasteiger partial charge in [0.15, 0.2) is 17.4 Å². The van der Waals surface area contributed by atoms with E-state index in [1.807, 2.05) is 6.11 Å². The molecule has 16 heteroatoms. The van der Waals surface area contributed by atoms with Gasteiger partial charge in [-0.2, -0.15) is 4.98 Å². The minimum absolute atomic E-state index is 0. The summed E-state index contributed by atoms with van der Waals surface area (Å²) in [6.45, 7) is -0.299. The summed E-state index contributed by atoms with van der Waals surface area (Å²) in [6.07, 6.45) is 9.22. The zero-order valence-corrected chi connectivity index (χ0v) is 20.4. The Morgan fingerprint density at radius 2 is 2.24 bits per heavy atom. The molecular formula is C17H19N7NaO7P. The van der Waals surface area contributed by atoms with Crippen LogP contribution >= 0.6 is 7.75 Å². The number of ether oxygens (including phenoxy) is 2. The predicted molar refractivity (Wildman–Crippen MR) is 107 cm³/mol. The summed E-state index contributed by atoms with van der Waals surface area (Å²) in [4.78, 5) is 38.5. The second kappa shape index (κ2) is 10.4. The third kappa shape index (κ3) is 5.16. The normalized spacial score (nSPS) is 24.2. The van der Waals surface area contributed by atoms with Crippen molar-refractivity contribution in [1.82, 2.24) is 28.8 Å². The van der Waals surface area contributed by atoms with Crippen LogP contribution < -0.4 is 45.7 Å². The van der Waals surface area contributed by atoms with Crippen molar-refractivity contribution in [3.05, 3.63) is 35.4 Å². The first-order valence-electron chi connectivity index (χ1n) is 9.39. The number of aliphatic hydroxyl groups is 1. The third-order valence-corrected chi connectivity index (χ3v) is 6.34. The van der Waals surface area contributed by atoms with E-state index in [-0.39, 0.29) is 59.7 Å². The maximum Gasteiger partial charge on any atom is 1.00 e. The molecule has 0 bridgehead atoms. The molecular weight excluding hydrogens is 468 g/mol. The van der Waals surface area contributed by atoms with Gasteiger partial charge in [0.05, 0.1) is 19.0 Å². The number of terminal acetylenes is 1. The molecule has 4 rings (SSSR count). The topological polar surface area (TPSA) is 195 Å². The van der Waals surface area contributed by atoms with E-state index < -0.39 is 44.3 Å². The van der Waals surface area contributed by atoms with Gasteiger partial charge in [-0.15, -0.1) is 0 Å². The number of hydrogen-bond acceptors (Lipinski definition) is 11. The molecule has 4 N–H and O–H groups in total. The summed E-state index contributed by atoms with van der Waals surface area (Å²) in [6, 6.07) is 0. The Kier molecular flexibility index (Phi) is 7.99. The molecule has 0 radical (unpaired) electrons. The number of nitrogens with zero attached hydrogens (tertiary/aromatic N) is 5. The number of hydrogen-bond donors (Lipinski definition) is 3. The number of nitrogen functional groups attached to an aromatic ring is 1. The molecule has 1 aliphatic heterocycles. The molecule has 170 valence electrons. The molecule has 1 saturated heterocycles. The minimum atomic E-state index is -4.47. The molecule has 33 heavy (non-hydrogen) atoms. The Balaban J connectivity index is 0.00000306. The third-order valence-electron chi connectivity index (χ3n) is 5.06. The van der Waals surface area contributed by atoms with Crippen LogP contribution in [0.25, 0.3) is 11.2 Å². The second-order valence-electron chi connectivity index (χ2n) is 6.96. The smallest absolute Gasteiger partial charge is 0.761 e. The van der Waals surface area contributed by atoms with Crippen LogP contribution in [0.1, 0.15) is 12.6 Å². The van der Waals surface area contributed by atoms with E-state index in [1.165, 1.54) is 23.3 Å². The summed E-state index contributed by atoms with van der Waals surface area (Å²) in [5, 5.41) is 11.0. The average Bonchev–Trinajstić information content (AvgIpc) is 3.47. The number of H-pyrrole nitrogens is 1. The summed E-state index contributed by atoms with van der Waals surface area (Å²) >= 11 is 0. The van der Waals surface area contributed by atoms with E-state index in [0.717, 1.165) is 10.7 Å². The predicted octanol–water partition coefficient (Wildman–Crippen LogP) is -4.19. The van der Waals surface area contributed by atoms with Gasteiger partial charge in [0.25, 0.3) is 5.56 Å². The molecule has 4 heterocycles. The maximum atomic E-state index is 12.3. The van der Waals surface area contributed by atoms with Crippen LogP contribution in [-0.4, -0.2) is 59.4 Å². The quantitative estimate of drug-likeness (QED) is 0.121. The molecule has 14 nitrogen and oxygen atoms in total. The molecule has 0 aromatic carbocycles. The van der Waals surface area contributed by atoms with Crippen molar-refractivity contribution in [3.8, 4) is 12.5 Å². The van der Waals surface area contributed by atoms with Gasteiger partial charge in [-0.25, -0.2) is 9.97 Å². The van der Waals surface area contributed by atoms with Gasteiger partial charge < -0.3 is 29.7 Å². The van der Waals surface area contributed by atoms with Gasteiger partial charge in [-0.1, -0.05) is 6.42 Å². The number of aromatic amines is 1. The van der Waals surface area contributed by atoms with E-state index in [9.17, 15) is 19.4 Å². The van der Waals surface area contributed by atoms with Gasteiger partial charge >= 0.3 is 29.6 Å². The summed E-state index contributed by atoms with van der Waals surface area (Å²) in [5.74, 6) is -0.754. The van der Waals surface area contributed by atoms with Crippen LogP contribution in [-0.2, 0) is 18.6 Å². The molecule has 0 amide bonds. The van der Waals surface area contributed by atoms with E-state index >= 15 is 0 Å². The maximum absolute atomic E-state index is 12.3. The van der Waals surface area contributed by atoms with Crippen molar-refractivity contribution < 1.29 is 58.1 Å². The van der Waals surface area contributed by atoms with Crippen molar-refractivity contribution in [2.45, 2.75) is 24.9 Å². The first-order valence-corrected chi connectivity index (χ1v) is 10.9. The van der Waals surface area contributed by atoms with Crippen molar-refractivity contribution in [1.29, 1.82) is 0 Å². The molecule has 3 aromatic rings. The van der Waals surface area contributed by atoms with Crippen molar-refractivity contribution >= 4 is 24.9 Å². The average molecular weight is 487 g/mol. The Labute approximate surface area is 209 Å². The van der Waals surface area contributed by atoms with Crippen molar-refractivity contribution in [2.75, 3.05) is 18.9 Å². The molecule has 1 aliphatic rings. The van der Waals surface area contributed by atoms with Crippen LogP contribution in [0.5, 0.6) is 0 Å². The Morgan fingerprint density at radius 1 is 1.45 bits per heavy atom. The largest absolute Gasteiger partial charge is 1.00 e. The summed E-state index contributed by atoms with van der Waals surface area (Å²) in [7, 11) is -4.47. The molecule has 0 aliphatic carbocycles.